The van der Waals surface area contributed by atoms with Crippen LogP contribution in [0.4, 0.5) is 0 Å². The fraction of sp³-hybridized carbons (Fsp3) is 0.500. The van der Waals surface area contributed by atoms with Gasteiger partial charge in [-0.1, -0.05) is 0 Å². The molecule has 0 aliphatic rings. The van der Waals surface area contributed by atoms with Gasteiger partial charge in [0.1, 0.15) is 0 Å². The second kappa shape index (κ2) is 4.54. The third-order valence-corrected chi connectivity index (χ3v) is 1.56. The Balaban J connectivity index is 2.16. The first kappa shape index (κ1) is 8.77. The van der Waals surface area contributed by atoms with Crippen molar-refractivity contribution in [2.24, 2.45) is 5.73 Å². The molecule has 66 valence electrons. The van der Waals surface area contributed by atoms with Crippen LogP contribution in [0.25, 0.3) is 0 Å². The molecule has 0 aliphatic heterocycles. The molecule has 0 bridgehead atoms. The number of aryl methyl sites for hydroxylation is 1. The van der Waals surface area contributed by atoms with Crippen LogP contribution in [-0.2, 0) is 6.54 Å². The van der Waals surface area contributed by atoms with Crippen molar-refractivity contribution in [3.8, 4) is 0 Å². The van der Waals surface area contributed by atoms with Crippen LogP contribution >= 0.6 is 0 Å². The van der Waals surface area contributed by atoms with E-state index in [0.29, 0.717) is 0 Å². The molecule has 0 aliphatic carbocycles. The van der Waals surface area contributed by atoms with Gasteiger partial charge in [0.2, 0.25) is 5.84 Å². The van der Waals surface area contributed by atoms with E-state index in [9.17, 15) is 0 Å². The number of nitrogens with zero attached hydrogens (tertiary/aromatic N) is 2. The van der Waals surface area contributed by atoms with Gasteiger partial charge >= 0.3 is 0 Å². The zero-order valence-electron chi connectivity index (χ0n) is 7.33. The highest BCUT2D eigenvalue weighted by Crippen LogP contribution is 1.86. The summed E-state index contributed by atoms with van der Waals surface area (Å²) in [6, 6.07) is 0. The maximum absolute atomic E-state index is 5.44. The van der Waals surface area contributed by atoms with Crippen molar-refractivity contribution in [3.63, 3.8) is 0 Å². The highest BCUT2D eigenvalue weighted by atomic mass is 15.0. The predicted octanol–water partition coefficient (Wildman–Crippen LogP) is -1.27. The van der Waals surface area contributed by atoms with Crippen molar-refractivity contribution in [3.05, 3.63) is 18.7 Å². The summed E-state index contributed by atoms with van der Waals surface area (Å²) >= 11 is 0. The molecule has 0 unspecified atom stereocenters. The summed E-state index contributed by atoms with van der Waals surface area (Å²) < 4.78 is 2.05. The summed E-state index contributed by atoms with van der Waals surface area (Å²) in [6.07, 6.45) is 6.62. The first-order valence-corrected chi connectivity index (χ1v) is 4.07. The molecule has 1 rings (SSSR count). The molecule has 0 aromatic carbocycles. The third kappa shape index (κ3) is 3.18. The highest BCUT2D eigenvalue weighted by Gasteiger charge is 1.90. The molecular weight excluding hydrogens is 152 g/mol. The molecular formula is C8H15N4+. The van der Waals surface area contributed by atoms with Crippen molar-refractivity contribution in [1.82, 2.24) is 9.55 Å². The van der Waals surface area contributed by atoms with Crippen LogP contribution < -0.4 is 10.7 Å². The topological polar surface area (TPSA) is 57.8 Å². The van der Waals surface area contributed by atoms with Gasteiger partial charge in [0.05, 0.1) is 12.9 Å². The zero-order chi connectivity index (χ0) is 8.81. The molecule has 1 aromatic heterocycles. The number of aromatic nitrogens is 2. The minimum atomic E-state index is 0.778. The highest BCUT2D eigenvalue weighted by molar-refractivity contribution is 5.70. The first-order chi connectivity index (χ1) is 5.79. The van der Waals surface area contributed by atoms with Gasteiger partial charge in [-0.2, -0.15) is 0 Å². The van der Waals surface area contributed by atoms with Gasteiger partial charge in [-0.25, -0.2) is 4.98 Å². The smallest absolute Gasteiger partial charge is 0.237 e. The lowest BCUT2D eigenvalue weighted by atomic mass is 10.4. The lowest BCUT2D eigenvalue weighted by molar-refractivity contribution is -0.459. The van der Waals surface area contributed by atoms with Crippen LogP contribution in [0, 0.1) is 0 Å². The molecule has 0 amide bonds. The Morgan fingerprint density at radius 3 is 3.08 bits per heavy atom. The van der Waals surface area contributed by atoms with Crippen LogP contribution in [0.2, 0.25) is 0 Å². The third-order valence-electron chi connectivity index (χ3n) is 1.56. The Bertz CT molecular complexity index is 234. The molecule has 4 heteroatoms. The standard InChI is InChI=1S/C8H14N4/c1-8(9)11-3-2-5-12-6-4-10-7-12/h4,6-7H,2-3,5H2,1H3,(H2,9,11)/p+1. The van der Waals surface area contributed by atoms with E-state index in [1.54, 1.807) is 6.20 Å². The van der Waals surface area contributed by atoms with Gasteiger partial charge in [-0.3, -0.25) is 10.7 Å². The average Bonchev–Trinajstić information content (AvgIpc) is 2.49. The molecule has 0 spiro atoms. The SMILES string of the molecule is CC(N)=[NH+]CCCn1ccnc1. The van der Waals surface area contributed by atoms with E-state index < -0.39 is 0 Å². The summed E-state index contributed by atoms with van der Waals surface area (Å²) in [6.45, 7) is 3.76. The monoisotopic (exact) mass is 167 g/mol. The van der Waals surface area contributed by atoms with Crippen LogP contribution in [0.3, 0.4) is 0 Å². The maximum Gasteiger partial charge on any atom is 0.237 e. The Hall–Kier alpha value is -1.32. The lowest BCUT2D eigenvalue weighted by Gasteiger charge is -1.97. The fourth-order valence-corrected chi connectivity index (χ4v) is 0.966. The first-order valence-electron chi connectivity index (χ1n) is 4.07. The van der Waals surface area contributed by atoms with Crippen LogP contribution in [0.5, 0.6) is 0 Å². The minimum absolute atomic E-state index is 0.778. The number of amidine groups is 1. The summed E-state index contributed by atoms with van der Waals surface area (Å²) in [5, 5.41) is 0. The van der Waals surface area contributed by atoms with Crippen molar-refractivity contribution >= 4 is 5.84 Å². The molecule has 1 heterocycles. The van der Waals surface area contributed by atoms with Gasteiger partial charge < -0.3 is 4.57 Å². The van der Waals surface area contributed by atoms with Crippen LogP contribution in [0.1, 0.15) is 13.3 Å². The van der Waals surface area contributed by atoms with Gasteiger partial charge in [0.25, 0.3) is 0 Å². The molecule has 1 aromatic rings. The maximum atomic E-state index is 5.44. The number of rotatable bonds is 4. The number of hydrogen-bond donors (Lipinski definition) is 2. The van der Waals surface area contributed by atoms with Crippen molar-refractivity contribution in [2.45, 2.75) is 19.9 Å². The van der Waals surface area contributed by atoms with E-state index in [0.717, 1.165) is 25.3 Å². The number of hydrogen-bond acceptors (Lipinski definition) is 1. The predicted molar refractivity (Wildman–Crippen MR) is 47.5 cm³/mol. The van der Waals surface area contributed by atoms with E-state index in [4.69, 9.17) is 5.73 Å². The van der Waals surface area contributed by atoms with Crippen molar-refractivity contribution < 1.29 is 4.99 Å². The van der Waals surface area contributed by atoms with Crippen molar-refractivity contribution in [1.29, 1.82) is 0 Å². The quantitative estimate of drug-likeness (QED) is 0.334. The van der Waals surface area contributed by atoms with Gasteiger partial charge in [0.15, 0.2) is 0 Å². The normalized spacial score (nSPS) is 11.9. The summed E-state index contributed by atoms with van der Waals surface area (Å²) in [4.78, 5) is 7.02. The van der Waals surface area contributed by atoms with Crippen molar-refractivity contribution in [2.75, 3.05) is 6.54 Å². The molecule has 3 N–H and O–H groups in total. The minimum Gasteiger partial charge on any atom is -0.337 e. The average molecular weight is 167 g/mol. The Kier molecular flexibility index (Phi) is 3.32. The second-order valence-corrected chi connectivity index (χ2v) is 2.76. The van der Waals surface area contributed by atoms with E-state index in [1.807, 2.05) is 24.0 Å². The Morgan fingerprint density at radius 2 is 2.50 bits per heavy atom. The van der Waals surface area contributed by atoms with E-state index in [-0.39, 0.29) is 0 Å². The van der Waals surface area contributed by atoms with E-state index >= 15 is 0 Å². The summed E-state index contributed by atoms with van der Waals surface area (Å²) in [5.41, 5.74) is 5.44. The van der Waals surface area contributed by atoms with Gasteiger partial charge in [-0.15, -0.1) is 0 Å². The van der Waals surface area contributed by atoms with Crippen LogP contribution in [-0.4, -0.2) is 21.9 Å². The molecule has 0 radical (unpaired) electrons. The Morgan fingerprint density at radius 1 is 1.67 bits per heavy atom. The number of nitrogens with one attached hydrogen (secondary N) is 1. The van der Waals surface area contributed by atoms with Crippen LogP contribution in [0.15, 0.2) is 18.7 Å². The largest absolute Gasteiger partial charge is 0.337 e. The summed E-state index contributed by atoms with van der Waals surface area (Å²) in [7, 11) is 0. The Labute approximate surface area is 72.1 Å². The molecule has 0 atom stereocenters. The lowest BCUT2D eigenvalue weighted by Crippen LogP contribution is -2.74. The molecule has 12 heavy (non-hydrogen) atoms. The number of nitrogens with two attached hydrogens (primary N) is 1. The van der Waals surface area contributed by atoms with E-state index in [2.05, 4.69) is 9.98 Å². The fourth-order valence-electron chi connectivity index (χ4n) is 0.966. The molecule has 0 saturated carbocycles. The van der Waals surface area contributed by atoms with E-state index in [1.165, 1.54) is 0 Å². The van der Waals surface area contributed by atoms with Gasteiger partial charge in [-0.05, 0) is 0 Å². The number of imidazole rings is 1. The van der Waals surface area contributed by atoms with Gasteiger partial charge in [0, 0.05) is 32.3 Å². The zero-order valence-corrected chi connectivity index (χ0v) is 7.33. The molecule has 4 nitrogen and oxygen atoms in total. The summed E-state index contributed by atoms with van der Waals surface area (Å²) in [5.74, 6) is 0.778. The molecule has 0 fully saturated rings. The second-order valence-electron chi connectivity index (χ2n) is 2.76. The molecule has 0 saturated heterocycles.